The third-order valence-corrected chi connectivity index (χ3v) is 3.51. The molecule has 1 saturated heterocycles. The van der Waals surface area contributed by atoms with E-state index in [0.717, 1.165) is 24.0 Å². The minimum Gasteiger partial charge on any atom is -0.316 e. The molecule has 1 heterocycles. The molecule has 1 nitrogen and oxygen atoms in total. The second-order valence-corrected chi connectivity index (χ2v) is 4.36. The Balaban J connectivity index is 2.26. The van der Waals surface area contributed by atoms with Gasteiger partial charge in [-0.3, -0.25) is 0 Å². The van der Waals surface area contributed by atoms with Gasteiger partial charge in [0.15, 0.2) is 0 Å². The van der Waals surface area contributed by atoms with Crippen LogP contribution in [0.25, 0.3) is 0 Å². The van der Waals surface area contributed by atoms with Crippen LogP contribution in [0.4, 0.5) is 0 Å². The molecule has 1 fully saturated rings. The van der Waals surface area contributed by atoms with Gasteiger partial charge in [0.25, 0.3) is 0 Å². The zero-order valence-electron chi connectivity index (χ0n) is 8.46. The average Bonchev–Trinajstić information content (AvgIpc) is 2.66. The van der Waals surface area contributed by atoms with Crippen LogP contribution in [0.2, 0.25) is 5.02 Å². The second kappa shape index (κ2) is 4.33. The van der Waals surface area contributed by atoms with Gasteiger partial charge in [-0.25, -0.2) is 0 Å². The van der Waals surface area contributed by atoms with Crippen LogP contribution < -0.4 is 5.32 Å². The van der Waals surface area contributed by atoms with Gasteiger partial charge in [0.1, 0.15) is 0 Å². The van der Waals surface area contributed by atoms with Gasteiger partial charge in [0.2, 0.25) is 0 Å². The number of halogens is 1. The summed E-state index contributed by atoms with van der Waals surface area (Å²) in [6.07, 6.45) is 1.23. The van der Waals surface area contributed by atoms with E-state index >= 15 is 0 Å². The van der Waals surface area contributed by atoms with Crippen molar-refractivity contribution in [3.05, 3.63) is 34.9 Å². The Labute approximate surface area is 90.5 Å². The van der Waals surface area contributed by atoms with Crippen molar-refractivity contribution in [3.63, 3.8) is 0 Å². The lowest BCUT2D eigenvalue weighted by atomic mass is 9.87. The van der Waals surface area contributed by atoms with Crippen molar-refractivity contribution < 1.29 is 0 Å². The molecule has 2 rings (SSSR count). The Morgan fingerprint density at radius 2 is 2.14 bits per heavy atom. The fourth-order valence-corrected chi connectivity index (χ4v) is 2.58. The summed E-state index contributed by atoms with van der Waals surface area (Å²) in [5.41, 5.74) is 1.31. The SMILES string of the molecule is CC[C@@H]1CNC[C@@H]1c1ccccc1Cl. The molecule has 0 bridgehead atoms. The molecule has 0 aliphatic carbocycles. The van der Waals surface area contributed by atoms with E-state index in [1.165, 1.54) is 12.0 Å². The summed E-state index contributed by atoms with van der Waals surface area (Å²) >= 11 is 6.20. The zero-order chi connectivity index (χ0) is 9.97. The zero-order valence-corrected chi connectivity index (χ0v) is 9.22. The predicted octanol–water partition coefficient (Wildman–Crippen LogP) is 3.05. The summed E-state index contributed by atoms with van der Waals surface area (Å²) in [5.74, 6) is 1.35. The predicted molar refractivity (Wildman–Crippen MR) is 60.8 cm³/mol. The first kappa shape index (κ1) is 10.0. The molecule has 0 radical (unpaired) electrons. The van der Waals surface area contributed by atoms with Gasteiger partial charge in [-0.15, -0.1) is 0 Å². The molecule has 0 amide bonds. The molecule has 1 aromatic rings. The first-order valence-electron chi connectivity index (χ1n) is 5.28. The Morgan fingerprint density at radius 3 is 2.86 bits per heavy atom. The number of hydrogen-bond donors (Lipinski definition) is 1. The summed E-state index contributed by atoms with van der Waals surface area (Å²) < 4.78 is 0. The first-order chi connectivity index (χ1) is 6.83. The van der Waals surface area contributed by atoms with Crippen molar-refractivity contribution >= 4 is 11.6 Å². The number of hydrogen-bond acceptors (Lipinski definition) is 1. The van der Waals surface area contributed by atoms with Crippen molar-refractivity contribution in [3.8, 4) is 0 Å². The molecule has 1 aliphatic rings. The maximum absolute atomic E-state index is 6.20. The molecule has 0 saturated carbocycles. The normalized spacial score (nSPS) is 26.7. The van der Waals surface area contributed by atoms with Crippen molar-refractivity contribution in [1.29, 1.82) is 0 Å². The van der Waals surface area contributed by atoms with Crippen LogP contribution in [0.1, 0.15) is 24.8 Å². The van der Waals surface area contributed by atoms with Gasteiger partial charge >= 0.3 is 0 Å². The molecule has 1 aromatic carbocycles. The number of benzene rings is 1. The lowest BCUT2D eigenvalue weighted by molar-refractivity contribution is 0.503. The Morgan fingerprint density at radius 1 is 1.36 bits per heavy atom. The lowest BCUT2D eigenvalue weighted by Gasteiger charge is -2.18. The highest BCUT2D eigenvalue weighted by atomic mass is 35.5. The van der Waals surface area contributed by atoms with Crippen molar-refractivity contribution in [2.75, 3.05) is 13.1 Å². The van der Waals surface area contributed by atoms with Crippen LogP contribution in [0.3, 0.4) is 0 Å². The van der Waals surface area contributed by atoms with Gasteiger partial charge in [0.05, 0.1) is 0 Å². The molecule has 1 N–H and O–H groups in total. The molecule has 76 valence electrons. The molecule has 0 unspecified atom stereocenters. The van der Waals surface area contributed by atoms with Gasteiger partial charge in [-0.2, -0.15) is 0 Å². The quantitative estimate of drug-likeness (QED) is 0.790. The van der Waals surface area contributed by atoms with Gasteiger partial charge in [0, 0.05) is 17.5 Å². The Kier molecular flexibility index (Phi) is 3.09. The van der Waals surface area contributed by atoms with Crippen molar-refractivity contribution in [1.82, 2.24) is 5.32 Å². The van der Waals surface area contributed by atoms with E-state index in [2.05, 4.69) is 24.4 Å². The van der Waals surface area contributed by atoms with Crippen molar-refractivity contribution in [2.45, 2.75) is 19.3 Å². The molecular formula is C12H16ClN. The van der Waals surface area contributed by atoms with Crippen LogP contribution in [-0.4, -0.2) is 13.1 Å². The highest BCUT2D eigenvalue weighted by molar-refractivity contribution is 6.31. The summed E-state index contributed by atoms with van der Waals surface area (Å²) in [4.78, 5) is 0. The molecule has 1 aliphatic heterocycles. The van der Waals surface area contributed by atoms with E-state index in [4.69, 9.17) is 11.6 Å². The average molecular weight is 210 g/mol. The Hall–Kier alpha value is -0.530. The molecule has 2 atom stereocenters. The van der Waals surface area contributed by atoms with Gasteiger partial charge < -0.3 is 5.32 Å². The standard InChI is InChI=1S/C12H16ClN/c1-2-9-7-14-8-11(9)10-5-3-4-6-12(10)13/h3-6,9,11,14H,2,7-8H2,1H3/t9-,11+/m1/s1. The second-order valence-electron chi connectivity index (χ2n) is 3.95. The molecule has 0 aromatic heterocycles. The van der Waals surface area contributed by atoms with E-state index in [-0.39, 0.29) is 0 Å². The van der Waals surface area contributed by atoms with Crippen LogP contribution in [0.5, 0.6) is 0 Å². The van der Waals surface area contributed by atoms with Gasteiger partial charge in [-0.05, 0) is 24.1 Å². The fourth-order valence-electron chi connectivity index (χ4n) is 2.30. The third-order valence-electron chi connectivity index (χ3n) is 3.17. The van der Waals surface area contributed by atoms with Crippen LogP contribution in [-0.2, 0) is 0 Å². The molecule has 0 spiro atoms. The minimum absolute atomic E-state index is 0.605. The highest BCUT2D eigenvalue weighted by Gasteiger charge is 2.27. The van der Waals surface area contributed by atoms with E-state index in [9.17, 15) is 0 Å². The molecular weight excluding hydrogens is 194 g/mol. The summed E-state index contributed by atoms with van der Waals surface area (Å²) in [6, 6.07) is 8.21. The smallest absolute Gasteiger partial charge is 0.0441 e. The monoisotopic (exact) mass is 209 g/mol. The van der Waals surface area contributed by atoms with E-state index < -0.39 is 0 Å². The largest absolute Gasteiger partial charge is 0.316 e. The van der Waals surface area contributed by atoms with Crippen LogP contribution in [0.15, 0.2) is 24.3 Å². The van der Waals surface area contributed by atoms with Crippen molar-refractivity contribution in [2.24, 2.45) is 5.92 Å². The topological polar surface area (TPSA) is 12.0 Å². The van der Waals surface area contributed by atoms with Crippen LogP contribution >= 0.6 is 11.6 Å². The maximum atomic E-state index is 6.20. The first-order valence-corrected chi connectivity index (χ1v) is 5.66. The number of nitrogens with one attached hydrogen (secondary N) is 1. The lowest BCUT2D eigenvalue weighted by Crippen LogP contribution is -2.09. The van der Waals surface area contributed by atoms with E-state index in [0.29, 0.717) is 5.92 Å². The summed E-state index contributed by atoms with van der Waals surface area (Å²) in [5, 5.41) is 4.36. The fraction of sp³-hybridized carbons (Fsp3) is 0.500. The maximum Gasteiger partial charge on any atom is 0.0441 e. The molecule has 14 heavy (non-hydrogen) atoms. The molecule has 2 heteroatoms. The summed E-state index contributed by atoms with van der Waals surface area (Å²) in [6.45, 7) is 4.45. The Bertz CT molecular complexity index is 311. The van der Waals surface area contributed by atoms with E-state index in [1.54, 1.807) is 0 Å². The third kappa shape index (κ3) is 1.79. The van der Waals surface area contributed by atoms with Gasteiger partial charge in [-0.1, -0.05) is 43.1 Å². The number of rotatable bonds is 2. The van der Waals surface area contributed by atoms with Crippen LogP contribution in [0, 0.1) is 5.92 Å². The minimum atomic E-state index is 0.605. The van der Waals surface area contributed by atoms with E-state index in [1.807, 2.05) is 12.1 Å². The summed E-state index contributed by atoms with van der Waals surface area (Å²) in [7, 11) is 0. The highest BCUT2D eigenvalue weighted by Crippen LogP contribution is 2.34.